The minimum absolute atomic E-state index is 0.268. The van der Waals surface area contributed by atoms with Crippen LogP contribution in [0.5, 0.6) is 0 Å². The Balaban J connectivity index is 1.91. The maximum atomic E-state index is 12.1. The number of nitrogens with zero attached hydrogens (tertiary/aromatic N) is 2. The summed E-state index contributed by atoms with van der Waals surface area (Å²) in [6.07, 6.45) is 4.44. The topological polar surface area (TPSA) is 87.5 Å². The Morgan fingerprint density at radius 1 is 1.35 bits per heavy atom. The molecule has 1 atom stereocenters. The largest absolute Gasteiger partial charge is 0.472 e. The maximum absolute atomic E-state index is 12.1. The Morgan fingerprint density at radius 2 is 2.13 bits per heavy atom. The summed E-state index contributed by atoms with van der Waals surface area (Å²) in [6.45, 7) is 1.97. The second kappa shape index (κ2) is 7.44. The van der Waals surface area contributed by atoms with Crippen molar-refractivity contribution in [1.29, 1.82) is 0 Å². The molecule has 122 valence electrons. The van der Waals surface area contributed by atoms with Crippen molar-refractivity contribution in [1.82, 2.24) is 15.6 Å². The van der Waals surface area contributed by atoms with Crippen LogP contribution in [0.25, 0.3) is 0 Å². The summed E-state index contributed by atoms with van der Waals surface area (Å²) in [4.78, 5) is 30.1. The van der Waals surface area contributed by atoms with E-state index in [2.05, 4.69) is 15.6 Å². The smallest absolute Gasteiger partial charge is 0.255 e. The van der Waals surface area contributed by atoms with Crippen molar-refractivity contribution in [3.63, 3.8) is 0 Å². The van der Waals surface area contributed by atoms with E-state index in [9.17, 15) is 9.59 Å². The van der Waals surface area contributed by atoms with Gasteiger partial charge in [0.25, 0.3) is 5.91 Å². The molecule has 2 aromatic heterocycles. The predicted octanol–water partition coefficient (Wildman–Crippen LogP) is 1.18. The normalized spacial score (nSPS) is 11.6. The molecule has 0 unspecified atom stereocenters. The van der Waals surface area contributed by atoms with E-state index in [0.29, 0.717) is 12.1 Å². The van der Waals surface area contributed by atoms with Crippen LogP contribution in [0.2, 0.25) is 0 Å². The first-order chi connectivity index (χ1) is 11.0. The van der Waals surface area contributed by atoms with Crippen LogP contribution in [-0.4, -0.2) is 36.9 Å². The van der Waals surface area contributed by atoms with Crippen LogP contribution >= 0.6 is 0 Å². The molecule has 0 fully saturated rings. The summed E-state index contributed by atoms with van der Waals surface area (Å²) in [5.41, 5.74) is 1.28. The van der Waals surface area contributed by atoms with Crippen LogP contribution in [0.1, 0.15) is 22.8 Å². The lowest BCUT2D eigenvalue weighted by atomic mass is 10.2. The molecule has 7 heteroatoms. The van der Waals surface area contributed by atoms with Gasteiger partial charge in [-0.05, 0) is 19.1 Å². The summed E-state index contributed by atoms with van der Waals surface area (Å²) in [5.74, 6) is 0.176. The van der Waals surface area contributed by atoms with E-state index < -0.39 is 6.04 Å². The Hall–Kier alpha value is -2.83. The minimum Gasteiger partial charge on any atom is -0.472 e. The zero-order valence-corrected chi connectivity index (χ0v) is 13.4. The molecule has 0 aliphatic heterocycles. The Morgan fingerprint density at radius 3 is 2.78 bits per heavy atom. The second-order valence-corrected chi connectivity index (χ2v) is 5.31. The van der Waals surface area contributed by atoms with Crippen molar-refractivity contribution in [2.24, 2.45) is 0 Å². The highest BCUT2D eigenvalue weighted by atomic mass is 16.3. The van der Waals surface area contributed by atoms with Gasteiger partial charge in [-0.3, -0.25) is 9.59 Å². The number of nitrogens with one attached hydrogen (secondary N) is 2. The lowest BCUT2D eigenvalue weighted by molar-refractivity contribution is -0.122. The highest BCUT2D eigenvalue weighted by Gasteiger charge is 2.17. The Kier molecular flexibility index (Phi) is 5.35. The molecule has 2 rings (SSSR count). The van der Waals surface area contributed by atoms with Gasteiger partial charge in [0, 0.05) is 32.4 Å². The van der Waals surface area contributed by atoms with Crippen LogP contribution in [-0.2, 0) is 11.3 Å². The number of carbonyl (C=O) groups is 2. The molecular formula is C16H20N4O3. The number of furan rings is 1. The number of aromatic nitrogens is 1. The molecule has 2 amide bonds. The van der Waals surface area contributed by atoms with Crippen molar-refractivity contribution in [3.8, 4) is 0 Å². The zero-order valence-electron chi connectivity index (χ0n) is 13.4. The lowest BCUT2D eigenvalue weighted by Gasteiger charge is -2.17. The van der Waals surface area contributed by atoms with Gasteiger partial charge in [0.2, 0.25) is 5.91 Å². The van der Waals surface area contributed by atoms with Crippen molar-refractivity contribution in [3.05, 3.63) is 48.0 Å². The van der Waals surface area contributed by atoms with Gasteiger partial charge in [-0.2, -0.15) is 0 Å². The van der Waals surface area contributed by atoms with E-state index in [4.69, 9.17) is 4.42 Å². The summed E-state index contributed by atoms with van der Waals surface area (Å²) < 4.78 is 4.85. The first-order valence-corrected chi connectivity index (χ1v) is 7.21. The average Bonchev–Trinajstić information content (AvgIpc) is 3.07. The van der Waals surface area contributed by atoms with Crippen molar-refractivity contribution in [2.45, 2.75) is 19.5 Å². The molecule has 0 bridgehead atoms. The lowest BCUT2D eigenvalue weighted by Crippen LogP contribution is -2.44. The summed E-state index contributed by atoms with van der Waals surface area (Å²) in [7, 11) is 3.78. The highest BCUT2D eigenvalue weighted by Crippen LogP contribution is 2.13. The summed E-state index contributed by atoms with van der Waals surface area (Å²) in [5, 5.41) is 5.42. The number of amides is 2. The van der Waals surface area contributed by atoms with Crippen molar-refractivity contribution < 1.29 is 14.0 Å². The van der Waals surface area contributed by atoms with Crippen LogP contribution in [0, 0.1) is 0 Å². The molecule has 2 aromatic rings. The van der Waals surface area contributed by atoms with Gasteiger partial charge in [-0.1, -0.05) is 6.07 Å². The van der Waals surface area contributed by atoms with Gasteiger partial charge in [-0.25, -0.2) is 4.98 Å². The maximum Gasteiger partial charge on any atom is 0.255 e. The zero-order chi connectivity index (χ0) is 16.8. The van der Waals surface area contributed by atoms with E-state index >= 15 is 0 Å². The fraction of sp³-hybridized carbons (Fsp3) is 0.312. The van der Waals surface area contributed by atoms with Crippen molar-refractivity contribution in [2.75, 3.05) is 19.0 Å². The SMILES string of the molecule is C[C@H](NC(=O)c1ccoc1)C(=O)NCc1cccnc1N(C)C. The molecule has 0 aliphatic rings. The molecule has 0 saturated carbocycles. The van der Waals surface area contributed by atoms with Crippen molar-refractivity contribution >= 4 is 17.6 Å². The second-order valence-electron chi connectivity index (χ2n) is 5.31. The van der Waals surface area contributed by atoms with Crippen LogP contribution in [0.4, 0.5) is 5.82 Å². The molecule has 7 nitrogen and oxygen atoms in total. The van der Waals surface area contributed by atoms with Gasteiger partial charge in [0.15, 0.2) is 0 Å². The fourth-order valence-corrected chi connectivity index (χ4v) is 2.05. The molecule has 0 aromatic carbocycles. The highest BCUT2D eigenvalue weighted by molar-refractivity contribution is 5.97. The number of hydrogen-bond acceptors (Lipinski definition) is 5. The van der Waals surface area contributed by atoms with Crippen LogP contribution in [0.3, 0.4) is 0 Å². The Labute approximate surface area is 134 Å². The average molecular weight is 316 g/mol. The molecule has 23 heavy (non-hydrogen) atoms. The van der Waals surface area contributed by atoms with Crippen LogP contribution < -0.4 is 15.5 Å². The van der Waals surface area contributed by atoms with E-state index in [1.165, 1.54) is 12.5 Å². The van der Waals surface area contributed by atoms with E-state index in [1.54, 1.807) is 19.2 Å². The van der Waals surface area contributed by atoms with Gasteiger partial charge >= 0.3 is 0 Å². The van der Waals surface area contributed by atoms with E-state index in [0.717, 1.165) is 11.4 Å². The standard InChI is InChI=1S/C16H20N4O3/c1-11(19-16(22)13-6-8-23-10-13)15(21)18-9-12-5-4-7-17-14(12)20(2)3/h4-8,10-11H,9H2,1-3H3,(H,18,21)(H,19,22)/t11-/m0/s1. The third kappa shape index (κ3) is 4.32. The quantitative estimate of drug-likeness (QED) is 0.835. The number of pyridine rings is 1. The molecule has 2 heterocycles. The summed E-state index contributed by atoms with van der Waals surface area (Å²) in [6, 6.07) is 4.60. The molecule has 0 aliphatic carbocycles. The van der Waals surface area contributed by atoms with Gasteiger partial charge < -0.3 is 20.0 Å². The first kappa shape index (κ1) is 16.5. The molecular weight excluding hydrogens is 296 g/mol. The number of rotatable bonds is 6. The molecule has 0 radical (unpaired) electrons. The monoisotopic (exact) mass is 316 g/mol. The Bertz CT molecular complexity index is 668. The van der Waals surface area contributed by atoms with Gasteiger partial charge in [0.05, 0.1) is 11.8 Å². The first-order valence-electron chi connectivity index (χ1n) is 7.21. The van der Waals surface area contributed by atoms with Gasteiger partial charge in [0.1, 0.15) is 18.1 Å². The van der Waals surface area contributed by atoms with Gasteiger partial charge in [-0.15, -0.1) is 0 Å². The third-order valence-electron chi connectivity index (χ3n) is 3.27. The predicted molar refractivity (Wildman–Crippen MR) is 86.0 cm³/mol. The molecule has 0 spiro atoms. The number of hydrogen-bond donors (Lipinski definition) is 2. The summed E-state index contributed by atoms with van der Waals surface area (Å²) >= 11 is 0. The molecule has 0 saturated heterocycles. The molecule has 2 N–H and O–H groups in total. The number of anilines is 1. The van der Waals surface area contributed by atoms with E-state index in [1.807, 2.05) is 31.1 Å². The fourth-order valence-electron chi connectivity index (χ4n) is 2.05. The van der Waals surface area contributed by atoms with Crippen LogP contribution in [0.15, 0.2) is 41.3 Å². The van der Waals surface area contributed by atoms with E-state index in [-0.39, 0.29) is 11.8 Å². The minimum atomic E-state index is -0.656. The number of carbonyl (C=O) groups excluding carboxylic acids is 2. The third-order valence-corrected chi connectivity index (χ3v) is 3.27.